The molecule has 1 aromatic carbocycles. The highest BCUT2D eigenvalue weighted by molar-refractivity contribution is 6.06. The fourth-order valence-electron chi connectivity index (χ4n) is 1.90. The minimum absolute atomic E-state index is 0.0724. The third-order valence-electron chi connectivity index (χ3n) is 2.91. The third-order valence-corrected chi connectivity index (χ3v) is 2.91. The van der Waals surface area contributed by atoms with Crippen LogP contribution in [0, 0.1) is 6.07 Å². The van der Waals surface area contributed by atoms with Gasteiger partial charge in [0.15, 0.2) is 5.82 Å². The summed E-state index contributed by atoms with van der Waals surface area (Å²) in [5, 5.41) is 7.04. The van der Waals surface area contributed by atoms with Crippen molar-refractivity contribution in [1.82, 2.24) is 4.98 Å². The standard InChI is InChI=1S/C13H12N3O/c1-13(2)12(17)15-11-10(16-13)7-8-5-3-4-6-9(8)14-11/h3,5-7,16H,1-2H3,(H,14,15,17). The molecule has 1 aromatic heterocycles. The molecular weight excluding hydrogens is 214 g/mol. The van der Waals surface area contributed by atoms with E-state index in [4.69, 9.17) is 0 Å². The Labute approximate surface area is 99.0 Å². The second kappa shape index (κ2) is 3.20. The van der Waals surface area contributed by atoms with Gasteiger partial charge in [0.1, 0.15) is 5.54 Å². The number of aromatic nitrogens is 1. The minimum atomic E-state index is -0.608. The van der Waals surface area contributed by atoms with Crippen molar-refractivity contribution < 1.29 is 4.79 Å². The summed E-state index contributed by atoms with van der Waals surface area (Å²) in [6, 6.07) is 10.6. The zero-order valence-corrected chi connectivity index (χ0v) is 9.66. The molecule has 2 aromatic rings. The van der Waals surface area contributed by atoms with Crippen LogP contribution in [-0.2, 0) is 4.79 Å². The van der Waals surface area contributed by atoms with Crippen molar-refractivity contribution in [2.45, 2.75) is 19.4 Å². The number of carbonyl (C=O) groups excluding carboxylic acids is 1. The molecule has 0 atom stereocenters. The number of pyridine rings is 1. The Balaban J connectivity index is 2.20. The SMILES string of the molecule is CC1(C)Nc2cc3cc[c]cc3nc2NC1=O. The highest BCUT2D eigenvalue weighted by Gasteiger charge is 2.33. The highest BCUT2D eigenvalue weighted by Crippen LogP contribution is 2.31. The van der Waals surface area contributed by atoms with Crippen LogP contribution in [-0.4, -0.2) is 16.4 Å². The monoisotopic (exact) mass is 226 g/mol. The predicted molar refractivity (Wildman–Crippen MR) is 66.9 cm³/mol. The van der Waals surface area contributed by atoms with Gasteiger partial charge in [-0.15, -0.1) is 0 Å². The lowest BCUT2D eigenvalue weighted by Crippen LogP contribution is -2.47. The van der Waals surface area contributed by atoms with Gasteiger partial charge in [0.2, 0.25) is 0 Å². The molecule has 2 heterocycles. The second-order valence-electron chi connectivity index (χ2n) is 4.71. The Morgan fingerprint density at radius 1 is 1.41 bits per heavy atom. The zero-order chi connectivity index (χ0) is 12.0. The molecule has 0 saturated carbocycles. The maximum Gasteiger partial charge on any atom is 0.250 e. The first-order valence-corrected chi connectivity index (χ1v) is 5.47. The summed E-state index contributed by atoms with van der Waals surface area (Å²) in [5.74, 6) is 0.512. The summed E-state index contributed by atoms with van der Waals surface area (Å²) in [7, 11) is 0. The van der Waals surface area contributed by atoms with Crippen LogP contribution in [0.5, 0.6) is 0 Å². The molecule has 1 aliphatic rings. The molecule has 1 radical (unpaired) electrons. The molecule has 2 N–H and O–H groups in total. The number of benzene rings is 1. The molecule has 0 bridgehead atoms. The molecular formula is C13H12N3O. The van der Waals surface area contributed by atoms with E-state index in [-0.39, 0.29) is 5.91 Å². The largest absolute Gasteiger partial charge is 0.369 e. The Bertz CT molecular complexity index is 619. The quantitative estimate of drug-likeness (QED) is 0.724. The third kappa shape index (κ3) is 1.53. The van der Waals surface area contributed by atoms with Crippen molar-refractivity contribution in [1.29, 1.82) is 0 Å². The van der Waals surface area contributed by atoms with E-state index in [1.165, 1.54) is 0 Å². The topological polar surface area (TPSA) is 54.0 Å². The number of fused-ring (bicyclic) bond motifs is 2. The summed E-state index contributed by atoms with van der Waals surface area (Å²) < 4.78 is 0. The summed E-state index contributed by atoms with van der Waals surface area (Å²) >= 11 is 0. The Kier molecular flexibility index (Phi) is 1.90. The number of nitrogens with one attached hydrogen (secondary N) is 2. The molecule has 0 fully saturated rings. The number of amides is 1. The minimum Gasteiger partial charge on any atom is -0.369 e. The van der Waals surface area contributed by atoms with E-state index in [2.05, 4.69) is 21.7 Å². The van der Waals surface area contributed by atoms with Crippen LogP contribution in [0.15, 0.2) is 24.3 Å². The fraction of sp³-hybridized carbons (Fsp3) is 0.231. The maximum atomic E-state index is 11.8. The van der Waals surface area contributed by atoms with Crippen LogP contribution >= 0.6 is 0 Å². The molecule has 3 rings (SSSR count). The maximum absolute atomic E-state index is 11.8. The van der Waals surface area contributed by atoms with Crippen molar-refractivity contribution in [2.24, 2.45) is 0 Å². The number of nitrogens with zero attached hydrogens (tertiary/aromatic N) is 1. The molecule has 85 valence electrons. The molecule has 0 unspecified atom stereocenters. The van der Waals surface area contributed by atoms with Gasteiger partial charge in [-0.2, -0.15) is 0 Å². The Morgan fingerprint density at radius 2 is 2.24 bits per heavy atom. The van der Waals surface area contributed by atoms with Gasteiger partial charge in [-0.3, -0.25) is 4.79 Å². The van der Waals surface area contributed by atoms with E-state index in [0.29, 0.717) is 5.82 Å². The van der Waals surface area contributed by atoms with Crippen LogP contribution < -0.4 is 10.6 Å². The lowest BCUT2D eigenvalue weighted by Gasteiger charge is -2.32. The number of hydrogen-bond donors (Lipinski definition) is 2. The second-order valence-corrected chi connectivity index (χ2v) is 4.71. The fourth-order valence-corrected chi connectivity index (χ4v) is 1.90. The van der Waals surface area contributed by atoms with E-state index in [1.807, 2.05) is 38.1 Å². The summed E-state index contributed by atoms with van der Waals surface area (Å²) in [6.45, 7) is 3.68. The average Bonchev–Trinajstić information content (AvgIpc) is 2.28. The Hall–Kier alpha value is -2.10. The molecule has 0 spiro atoms. The van der Waals surface area contributed by atoms with E-state index in [1.54, 1.807) is 0 Å². The van der Waals surface area contributed by atoms with E-state index >= 15 is 0 Å². The lowest BCUT2D eigenvalue weighted by molar-refractivity contribution is -0.119. The van der Waals surface area contributed by atoms with Crippen LogP contribution in [0.25, 0.3) is 10.9 Å². The summed E-state index contributed by atoms with van der Waals surface area (Å²) in [6.07, 6.45) is 0. The zero-order valence-electron chi connectivity index (χ0n) is 9.66. The molecule has 4 nitrogen and oxygen atoms in total. The van der Waals surface area contributed by atoms with Gasteiger partial charge >= 0.3 is 0 Å². The number of rotatable bonds is 0. The summed E-state index contributed by atoms with van der Waals surface area (Å²) in [4.78, 5) is 16.2. The van der Waals surface area contributed by atoms with Gasteiger partial charge in [0.25, 0.3) is 5.91 Å². The smallest absolute Gasteiger partial charge is 0.250 e. The Morgan fingerprint density at radius 3 is 3.06 bits per heavy atom. The first-order chi connectivity index (χ1) is 8.06. The molecule has 0 saturated heterocycles. The first kappa shape index (κ1) is 10.1. The van der Waals surface area contributed by atoms with Gasteiger partial charge in [0.05, 0.1) is 11.2 Å². The van der Waals surface area contributed by atoms with Gasteiger partial charge in [-0.05, 0) is 32.0 Å². The normalized spacial score (nSPS) is 17.2. The van der Waals surface area contributed by atoms with Crippen molar-refractivity contribution >= 4 is 28.3 Å². The van der Waals surface area contributed by atoms with Gasteiger partial charge < -0.3 is 10.6 Å². The number of anilines is 2. The predicted octanol–water partition coefficient (Wildman–Crippen LogP) is 2.18. The van der Waals surface area contributed by atoms with Crippen molar-refractivity contribution in [2.75, 3.05) is 10.6 Å². The van der Waals surface area contributed by atoms with Crippen LogP contribution in [0.1, 0.15) is 13.8 Å². The lowest BCUT2D eigenvalue weighted by atomic mass is 10.0. The molecule has 17 heavy (non-hydrogen) atoms. The first-order valence-electron chi connectivity index (χ1n) is 5.47. The van der Waals surface area contributed by atoms with Crippen LogP contribution in [0.3, 0.4) is 0 Å². The number of carbonyl (C=O) groups is 1. The van der Waals surface area contributed by atoms with E-state index in [0.717, 1.165) is 16.6 Å². The van der Waals surface area contributed by atoms with Crippen molar-refractivity contribution in [3.05, 3.63) is 30.3 Å². The van der Waals surface area contributed by atoms with Crippen LogP contribution in [0.2, 0.25) is 0 Å². The van der Waals surface area contributed by atoms with Gasteiger partial charge in [0, 0.05) is 5.39 Å². The van der Waals surface area contributed by atoms with E-state index < -0.39 is 5.54 Å². The molecule has 1 aliphatic heterocycles. The molecule has 1 amide bonds. The van der Waals surface area contributed by atoms with E-state index in [9.17, 15) is 4.79 Å². The summed E-state index contributed by atoms with van der Waals surface area (Å²) in [5.41, 5.74) is 1.07. The molecule has 4 heteroatoms. The van der Waals surface area contributed by atoms with Gasteiger partial charge in [-0.25, -0.2) is 4.98 Å². The molecule has 0 aliphatic carbocycles. The van der Waals surface area contributed by atoms with Crippen LogP contribution in [0.4, 0.5) is 11.5 Å². The highest BCUT2D eigenvalue weighted by atomic mass is 16.2. The number of hydrogen-bond acceptors (Lipinski definition) is 3. The van der Waals surface area contributed by atoms with Gasteiger partial charge in [-0.1, -0.05) is 12.1 Å². The average molecular weight is 226 g/mol. The van der Waals surface area contributed by atoms with Crippen molar-refractivity contribution in [3.63, 3.8) is 0 Å². The van der Waals surface area contributed by atoms with Crippen molar-refractivity contribution in [3.8, 4) is 0 Å².